The van der Waals surface area contributed by atoms with Crippen LogP contribution in [0.2, 0.25) is 0 Å². The van der Waals surface area contributed by atoms with Crippen molar-refractivity contribution in [3.8, 4) is 0 Å². The van der Waals surface area contributed by atoms with Crippen molar-refractivity contribution in [2.24, 2.45) is 11.8 Å². The molecular weight excluding hydrogens is 252 g/mol. The van der Waals surface area contributed by atoms with Gasteiger partial charge in [-0.25, -0.2) is 0 Å². The van der Waals surface area contributed by atoms with Gasteiger partial charge in [-0.05, 0) is 37.5 Å². The van der Waals surface area contributed by atoms with E-state index in [4.69, 9.17) is 0 Å². The Kier molecular flexibility index (Phi) is 5.44. The average Bonchev–Trinajstić information content (AvgIpc) is 2.89. The maximum Gasteiger partial charge on any atom is 0.243 e. The fourth-order valence-corrected chi connectivity index (χ4v) is 3.76. The summed E-state index contributed by atoms with van der Waals surface area (Å²) in [6, 6.07) is -0.0313. The van der Waals surface area contributed by atoms with Crippen molar-refractivity contribution in [2.75, 3.05) is 0 Å². The largest absolute Gasteiger partial charge is 0.352 e. The molecule has 2 saturated carbocycles. The van der Waals surface area contributed by atoms with Gasteiger partial charge < -0.3 is 10.6 Å². The topological polar surface area (TPSA) is 58.2 Å². The SMILES string of the molecule is CC(=O)NC(C(=O)NC1CCCC(C)C1)C1CCCC1. The zero-order valence-corrected chi connectivity index (χ0v) is 12.8. The summed E-state index contributed by atoms with van der Waals surface area (Å²) >= 11 is 0. The van der Waals surface area contributed by atoms with Crippen molar-refractivity contribution in [1.82, 2.24) is 10.6 Å². The first-order valence-electron chi connectivity index (χ1n) is 8.13. The van der Waals surface area contributed by atoms with Crippen molar-refractivity contribution in [2.45, 2.75) is 77.3 Å². The summed E-state index contributed by atoms with van der Waals surface area (Å²) in [5.41, 5.74) is 0. The Labute approximate surface area is 122 Å². The lowest BCUT2D eigenvalue weighted by Gasteiger charge is -2.30. The molecule has 0 aromatic carbocycles. The van der Waals surface area contributed by atoms with E-state index in [0.29, 0.717) is 17.9 Å². The number of carbonyl (C=O) groups excluding carboxylic acids is 2. The first kappa shape index (κ1) is 15.3. The third-order valence-corrected chi connectivity index (χ3v) is 4.80. The predicted molar refractivity (Wildman–Crippen MR) is 79.1 cm³/mol. The Bertz CT molecular complexity index is 350. The van der Waals surface area contributed by atoms with E-state index in [9.17, 15) is 9.59 Å². The molecule has 2 aliphatic rings. The number of hydrogen-bond acceptors (Lipinski definition) is 2. The molecule has 2 amide bonds. The summed E-state index contributed by atoms with van der Waals surface area (Å²) in [6.07, 6.45) is 9.07. The minimum Gasteiger partial charge on any atom is -0.352 e. The molecule has 0 aromatic heterocycles. The van der Waals surface area contributed by atoms with E-state index < -0.39 is 0 Å². The lowest BCUT2D eigenvalue weighted by molar-refractivity contribution is -0.130. The second-order valence-electron chi connectivity index (χ2n) is 6.70. The summed E-state index contributed by atoms with van der Waals surface area (Å²) in [7, 11) is 0. The summed E-state index contributed by atoms with van der Waals surface area (Å²) in [6.45, 7) is 3.75. The molecule has 0 bridgehead atoms. The van der Waals surface area contributed by atoms with Gasteiger partial charge in [0.25, 0.3) is 0 Å². The van der Waals surface area contributed by atoms with Crippen molar-refractivity contribution in [3.63, 3.8) is 0 Å². The van der Waals surface area contributed by atoms with Gasteiger partial charge in [0.05, 0.1) is 0 Å². The molecule has 0 aromatic rings. The highest BCUT2D eigenvalue weighted by atomic mass is 16.2. The number of amides is 2. The molecular formula is C16H28N2O2. The van der Waals surface area contributed by atoms with E-state index in [1.54, 1.807) is 0 Å². The maximum absolute atomic E-state index is 12.5. The van der Waals surface area contributed by atoms with Crippen molar-refractivity contribution < 1.29 is 9.59 Å². The molecule has 3 unspecified atom stereocenters. The van der Waals surface area contributed by atoms with Crippen molar-refractivity contribution >= 4 is 11.8 Å². The highest BCUT2D eigenvalue weighted by Crippen LogP contribution is 2.29. The molecule has 0 heterocycles. The Morgan fingerprint density at radius 3 is 2.35 bits per heavy atom. The lowest BCUT2D eigenvalue weighted by atomic mass is 9.86. The minimum absolute atomic E-state index is 0.0335. The van der Waals surface area contributed by atoms with E-state index >= 15 is 0 Å². The van der Waals surface area contributed by atoms with Crippen LogP contribution in [0.4, 0.5) is 0 Å². The molecule has 2 fully saturated rings. The summed E-state index contributed by atoms with van der Waals surface area (Å²) in [5.74, 6) is 0.944. The fourth-order valence-electron chi connectivity index (χ4n) is 3.76. The maximum atomic E-state index is 12.5. The van der Waals surface area contributed by atoms with E-state index in [0.717, 1.165) is 25.7 Å². The third-order valence-electron chi connectivity index (χ3n) is 4.80. The van der Waals surface area contributed by atoms with Crippen LogP contribution < -0.4 is 10.6 Å². The van der Waals surface area contributed by atoms with Crippen LogP contribution in [0.1, 0.15) is 65.2 Å². The molecule has 0 aliphatic heterocycles. The average molecular weight is 280 g/mol. The van der Waals surface area contributed by atoms with Gasteiger partial charge in [-0.1, -0.05) is 32.6 Å². The third kappa shape index (κ3) is 4.22. The lowest BCUT2D eigenvalue weighted by Crippen LogP contribution is -2.52. The molecule has 20 heavy (non-hydrogen) atoms. The van der Waals surface area contributed by atoms with Crippen LogP contribution in [0.5, 0.6) is 0 Å². The molecule has 4 heteroatoms. The fraction of sp³-hybridized carbons (Fsp3) is 0.875. The monoisotopic (exact) mass is 280 g/mol. The first-order valence-corrected chi connectivity index (χ1v) is 8.13. The standard InChI is InChI=1S/C16H28N2O2/c1-11-6-5-9-14(10-11)18-16(20)15(17-12(2)19)13-7-3-4-8-13/h11,13-15H,3-10H2,1-2H3,(H,17,19)(H,18,20). The van der Waals surface area contributed by atoms with E-state index in [-0.39, 0.29) is 17.9 Å². The molecule has 2 N–H and O–H groups in total. The van der Waals surface area contributed by atoms with Crippen LogP contribution >= 0.6 is 0 Å². The molecule has 0 spiro atoms. The minimum atomic E-state index is -0.327. The molecule has 2 aliphatic carbocycles. The summed E-state index contributed by atoms with van der Waals surface area (Å²) in [4.78, 5) is 23.9. The van der Waals surface area contributed by atoms with Crippen LogP contribution in [0.25, 0.3) is 0 Å². The number of rotatable bonds is 4. The smallest absolute Gasteiger partial charge is 0.243 e. The van der Waals surface area contributed by atoms with Gasteiger partial charge in [-0.3, -0.25) is 9.59 Å². The Hall–Kier alpha value is -1.06. The second kappa shape index (κ2) is 7.09. The number of nitrogens with one attached hydrogen (secondary N) is 2. The molecule has 0 radical (unpaired) electrons. The van der Waals surface area contributed by atoms with Crippen LogP contribution in [-0.4, -0.2) is 23.9 Å². The quantitative estimate of drug-likeness (QED) is 0.830. The summed E-state index contributed by atoms with van der Waals surface area (Å²) in [5, 5.41) is 6.05. The van der Waals surface area contributed by atoms with Crippen molar-refractivity contribution in [3.05, 3.63) is 0 Å². The number of carbonyl (C=O) groups is 2. The van der Waals surface area contributed by atoms with Gasteiger partial charge in [-0.2, -0.15) is 0 Å². The molecule has 114 valence electrons. The predicted octanol–water partition coefficient (Wildman–Crippen LogP) is 2.38. The van der Waals surface area contributed by atoms with Gasteiger partial charge in [0.15, 0.2) is 0 Å². The van der Waals surface area contributed by atoms with Crippen molar-refractivity contribution in [1.29, 1.82) is 0 Å². The number of hydrogen-bond donors (Lipinski definition) is 2. The van der Waals surface area contributed by atoms with Gasteiger partial charge in [0.1, 0.15) is 6.04 Å². The molecule has 2 rings (SSSR count). The zero-order valence-electron chi connectivity index (χ0n) is 12.8. The highest BCUT2D eigenvalue weighted by molar-refractivity contribution is 5.87. The van der Waals surface area contributed by atoms with Gasteiger partial charge in [0.2, 0.25) is 11.8 Å². The van der Waals surface area contributed by atoms with Crippen LogP contribution in [-0.2, 0) is 9.59 Å². The molecule has 4 nitrogen and oxygen atoms in total. The Morgan fingerprint density at radius 1 is 1.05 bits per heavy atom. The van der Waals surface area contributed by atoms with E-state index in [1.165, 1.54) is 32.6 Å². The Balaban J connectivity index is 1.92. The van der Waals surface area contributed by atoms with Crippen LogP contribution in [0.3, 0.4) is 0 Å². The molecule has 3 atom stereocenters. The van der Waals surface area contributed by atoms with Crippen LogP contribution in [0, 0.1) is 11.8 Å². The van der Waals surface area contributed by atoms with E-state index in [2.05, 4.69) is 17.6 Å². The normalized spacial score (nSPS) is 28.9. The zero-order chi connectivity index (χ0) is 14.5. The Morgan fingerprint density at radius 2 is 1.75 bits per heavy atom. The highest BCUT2D eigenvalue weighted by Gasteiger charge is 2.32. The second-order valence-corrected chi connectivity index (χ2v) is 6.70. The first-order chi connectivity index (χ1) is 9.56. The van der Waals surface area contributed by atoms with Crippen LogP contribution in [0.15, 0.2) is 0 Å². The van der Waals surface area contributed by atoms with Gasteiger partial charge >= 0.3 is 0 Å². The van der Waals surface area contributed by atoms with Gasteiger partial charge in [0, 0.05) is 13.0 Å². The van der Waals surface area contributed by atoms with Gasteiger partial charge in [-0.15, -0.1) is 0 Å². The van der Waals surface area contributed by atoms with E-state index in [1.807, 2.05) is 0 Å². The summed E-state index contributed by atoms with van der Waals surface area (Å²) < 4.78 is 0. The molecule has 0 saturated heterocycles.